The van der Waals surface area contributed by atoms with E-state index >= 15 is 0 Å². The Hall–Kier alpha value is -2.28. The van der Waals surface area contributed by atoms with Crippen LogP contribution in [-0.2, 0) is 0 Å². The van der Waals surface area contributed by atoms with Crippen LogP contribution < -0.4 is 5.73 Å². The Bertz CT molecular complexity index is 714. The standard InChI is InChI=1S/C17H15N/c1-12-5-2-6-13(11-12)14-7-3-9-16-15(14)8-4-10-17(16)18/h2-11H,18H2,1H3. The second-order valence-corrected chi connectivity index (χ2v) is 4.62. The molecule has 0 aliphatic rings. The summed E-state index contributed by atoms with van der Waals surface area (Å²) in [4.78, 5) is 0. The summed E-state index contributed by atoms with van der Waals surface area (Å²) in [6.07, 6.45) is 0. The first-order valence-corrected chi connectivity index (χ1v) is 6.10. The van der Waals surface area contributed by atoms with Gasteiger partial charge in [0.25, 0.3) is 0 Å². The Morgan fingerprint density at radius 1 is 0.778 bits per heavy atom. The van der Waals surface area contributed by atoms with Crippen LogP contribution in [0.15, 0.2) is 60.7 Å². The summed E-state index contributed by atoms with van der Waals surface area (Å²) >= 11 is 0. The Kier molecular flexibility index (Phi) is 2.52. The van der Waals surface area contributed by atoms with Gasteiger partial charge in [-0.3, -0.25) is 0 Å². The molecule has 0 fully saturated rings. The molecule has 0 spiro atoms. The number of fused-ring (bicyclic) bond motifs is 1. The molecule has 0 radical (unpaired) electrons. The van der Waals surface area contributed by atoms with Crippen LogP contribution in [0.1, 0.15) is 5.56 Å². The fraction of sp³-hybridized carbons (Fsp3) is 0.0588. The number of anilines is 1. The molecule has 1 heteroatoms. The number of nitrogens with two attached hydrogens (primary N) is 1. The molecule has 0 saturated carbocycles. The van der Waals surface area contributed by atoms with Gasteiger partial charge < -0.3 is 5.73 Å². The van der Waals surface area contributed by atoms with E-state index in [0.29, 0.717) is 0 Å². The molecule has 0 amide bonds. The summed E-state index contributed by atoms with van der Waals surface area (Å²) in [6, 6.07) is 20.9. The van der Waals surface area contributed by atoms with E-state index in [1.54, 1.807) is 0 Å². The first kappa shape index (κ1) is 10.8. The van der Waals surface area contributed by atoms with Crippen LogP contribution in [0.3, 0.4) is 0 Å². The predicted octanol–water partition coefficient (Wildman–Crippen LogP) is 4.40. The summed E-state index contributed by atoms with van der Waals surface area (Å²) in [5, 5.41) is 2.33. The lowest BCUT2D eigenvalue weighted by atomic mass is 9.96. The molecular weight excluding hydrogens is 218 g/mol. The third kappa shape index (κ3) is 1.74. The average molecular weight is 233 g/mol. The lowest BCUT2D eigenvalue weighted by Gasteiger charge is -2.09. The molecule has 0 saturated heterocycles. The summed E-state index contributed by atoms with van der Waals surface area (Å²) < 4.78 is 0. The minimum Gasteiger partial charge on any atom is -0.398 e. The van der Waals surface area contributed by atoms with Crippen LogP contribution in [0.4, 0.5) is 5.69 Å². The number of aryl methyl sites for hydroxylation is 1. The maximum Gasteiger partial charge on any atom is 0.0393 e. The van der Waals surface area contributed by atoms with Gasteiger partial charge in [0.05, 0.1) is 0 Å². The fourth-order valence-corrected chi connectivity index (χ4v) is 2.40. The zero-order valence-corrected chi connectivity index (χ0v) is 10.4. The Labute approximate surface area is 107 Å². The van der Waals surface area contributed by atoms with Crippen LogP contribution in [0.5, 0.6) is 0 Å². The van der Waals surface area contributed by atoms with Crippen LogP contribution in [0.2, 0.25) is 0 Å². The van der Waals surface area contributed by atoms with Crippen molar-refractivity contribution < 1.29 is 0 Å². The third-order valence-electron chi connectivity index (χ3n) is 3.28. The smallest absolute Gasteiger partial charge is 0.0393 e. The number of benzene rings is 3. The number of nitrogen functional groups attached to an aromatic ring is 1. The highest BCUT2D eigenvalue weighted by Crippen LogP contribution is 2.31. The summed E-state index contributed by atoms with van der Waals surface area (Å²) in [5.74, 6) is 0. The van der Waals surface area contributed by atoms with Crippen molar-refractivity contribution >= 4 is 16.5 Å². The van der Waals surface area contributed by atoms with Crippen molar-refractivity contribution in [3.8, 4) is 11.1 Å². The van der Waals surface area contributed by atoms with Crippen molar-refractivity contribution in [1.82, 2.24) is 0 Å². The lowest BCUT2D eigenvalue weighted by Crippen LogP contribution is -1.88. The highest BCUT2D eigenvalue weighted by atomic mass is 14.5. The van der Waals surface area contributed by atoms with Crippen LogP contribution in [-0.4, -0.2) is 0 Å². The second kappa shape index (κ2) is 4.19. The quantitative estimate of drug-likeness (QED) is 0.619. The zero-order valence-electron chi connectivity index (χ0n) is 10.4. The molecule has 0 atom stereocenters. The molecule has 0 unspecified atom stereocenters. The SMILES string of the molecule is Cc1cccc(-c2cccc3c(N)cccc23)c1. The highest BCUT2D eigenvalue weighted by molar-refractivity contribution is 6.02. The Morgan fingerprint density at radius 2 is 1.50 bits per heavy atom. The second-order valence-electron chi connectivity index (χ2n) is 4.62. The van der Waals surface area contributed by atoms with Crippen molar-refractivity contribution in [3.63, 3.8) is 0 Å². The lowest BCUT2D eigenvalue weighted by molar-refractivity contribution is 1.47. The molecule has 18 heavy (non-hydrogen) atoms. The van der Waals surface area contributed by atoms with Crippen molar-refractivity contribution in [2.75, 3.05) is 5.73 Å². The van der Waals surface area contributed by atoms with Crippen molar-refractivity contribution in [2.24, 2.45) is 0 Å². The van der Waals surface area contributed by atoms with Gasteiger partial charge in [0.1, 0.15) is 0 Å². The number of hydrogen-bond donors (Lipinski definition) is 1. The van der Waals surface area contributed by atoms with Gasteiger partial charge in [0.2, 0.25) is 0 Å². The average Bonchev–Trinajstić information content (AvgIpc) is 2.39. The largest absolute Gasteiger partial charge is 0.398 e. The number of hydrogen-bond acceptors (Lipinski definition) is 1. The topological polar surface area (TPSA) is 26.0 Å². The van der Waals surface area contributed by atoms with E-state index in [-0.39, 0.29) is 0 Å². The van der Waals surface area contributed by atoms with Gasteiger partial charge in [-0.25, -0.2) is 0 Å². The third-order valence-corrected chi connectivity index (χ3v) is 3.28. The van der Waals surface area contributed by atoms with Crippen LogP contribution in [0.25, 0.3) is 21.9 Å². The van der Waals surface area contributed by atoms with E-state index in [9.17, 15) is 0 Å². The van der Waals surface area contributed by atoms with E-state index in [4.69, 9.17) is 5.73 Å². The maximum absolute atomic E-state index is 6.03. The molecule has 0 aliphatic carbocycles. The van der Waals surface area contributed by atoms with E-state index in [0.717, 1.165) is 11.1 Å². The minimum absolute atomic E-state index is 0.835. The summed E-state index contributed by atoms with van der Waals surface area (Å²) in [7, 11) is 0. The van der Waals surface area contributed by atoms with Gasteiger partial charge >= 0.3 is 0 Å². The summed E-state index contributed by atoms with van der Waals surface area (Å²) in [5.41, 5.74) is 10.6. The first-order chi connectivity index (χ1) is 8.75. The minimum atomic E-state index is 0.835. The molecule has 2 N–H and O–H groups in total. The van der Waals surface area contributed by atoms with Crippen LogP contribution >= 0.6 is 0 Å². The van der Waals surface area contributed by atoms with Gasteiger partial charge in [0.15, 0.2) is 0 Å². The highest BCUT2D eigenvalue weighted by Gasteiger charge is 2.05. The normalized spacial score (nSPS) is 10.7. The summed E-state index contributed by atoms with van der Waals surface area (Å²) in [6.45, 7) is 2.11. The molecule has 0 aliphatic heterocycles. The van der Waals surface area contributed by atoms with E-state index in [1.807, 2.05) is 12.1 Å². The molecule has 0 heterocycles. The molecule has 1 nitrogen and oxygen atoms in total. The number of rotatable bonds is 1. The van der Waals surface area contributed by atoms with E-state index in [1.165, 1.54) is 22.1 Å². The fourth-order valence-electron chi connectivity index (χ4n) is 2.40. The molecule has 0 aromatic heterocycles. The molecule has 0 bridgehead atoms. The van der Waals surface area contributed by atoms with Gasteiger partial charge in [-0.1, -0.05) is 60.2 Å². The predicted molar refractivity (Wildman–Crippen MR) is 78.5 cm³/mol. The van der Waals surface area contributed by atoms with Crippen molar-refractivity contribution in [2.45, 2.75) is 6.92 Å². The van der Waals surface area contributed by atoms with Gasteiger partial charge in [-0.15, -0.1) is 0 Å². The Morgan fingerprint density at radius 3 is 2.33 bits per heavy atom. The maximum atomic E-state index is 6.03. The van der Waals surface area contributed by atoms with Crippen molar-refractivity contribution in [1.29, 1.82) is 0 Å². The molecule has 3 rings (SSSR count). The van der Waals surface area contributed by atoms with Crippen LogP contribution in [0, 0.1) is 6.92 Å². The monoisotopic (exact) mass is 233 g/mol. The molecule has 88 valence electrons. The van der Waals surface area contributed by atoms with Gasteiger partial charge in [-0.05, 0) is 29.5 Å². The first-order valence-electron chi connectivity index (χ1n) is 6.10. The zero-order chi connectivity index (χ0) is 12.5. The molecule has 3 aromatic carbocycles. The molecule has 3 aromatic rings. The van der Waals surface area contributed by atoms with E-state index in [2.05, 4.69) is 55.5 Å². The Balaban J connectivity index is 2.33. The van der Waals surface area contributed by atoms with Gasteiger partial charge in [0, 0.05) is 11.1 Å². The van der Waals surface area contributed by atoms with Crippen molar-refractivity contribution in [3.05, 3.63) is 66.2 Å². The molecular formula is C17H15N. The van der Waals surface area contributed by atoms with Gasteiger partial charge in [-0.2, -0.15) is 0 Å². The van der Waals surface area contributed by atoms with E-state index < -0.39 is 0 Å².